The van der Waals surface area contributed by atoms with Crippen LogP contribution in [-0.2, 0) is 0 Å². The van der Waals surface area contributed by atoms with E-state index >= 15 is 0 Å². The normalized spacial score (nSPS) is 9.95. The van der Waals surface area contributed by atoms with Gasteiger partial charge in [0.05, 0.1) is 12.7 Å². The Kier molecular flexibility index (Phi) is 4.06. The summed E-state index contributed by atoms with van der Waals surface area (Å²) in [5.41, 5.74) is -0.395. The summed E-state index contributed by atoms with van der Waals surface area (Å²) in [5, 5.41) is 8.96. The summed E-state index contributed by atoms with van der Waals surface area (Å²) in [7, 11) is 1.41. The number of rotatable bonds is 3. The Morgan fingerprint density at radius 3 is 2.45 bits per heavy atom. The van der Waals surface area contributed by atoms with E-state index in [-0.39, 0.29) is 11.5 Å². The van der Waals surface area contributed by atoms with Gasteiger partial charge in [0.2, 0.25) is 0 Å². The van der Waals surface area contributed by atoms with E-state index in [1.54, 1.807) is 12.1 Å². The van der Waals surface area contributed by atoms with Crippen molar-refractivity contribution >= 4 is 11.6 Å². The van der Waals surface area contributed by atoms with Crippen LogP contribution in [0, 0.1) is 23.0 Å². The maximum atomic E-state index is 13.7. The standard InChI is InChI=1S/C14H8ClF2NO2/c1-19-12-3-2-9(15)5-14(12)20-13-6-10(16)8(7-18)4-11(13)17/h2-6H,1H3. The molecular weight excluding hydrogens is 288 g/mol. The molecule has 0 amide bonds. The molecule has 0 bridgehead atoms. The summed E-state index contributed by atoms with van der Waals surface area (Å²) in [6, 6.07) is 7.63. The van der Waals surface area contributed by atoms with Crippen LogP contribution in [0.4, 0.5) is 8.78 Å². The molecular formula is C14H8ClF2NO2. The predicted octanol–water partition coefficient (Wildman–Crippen LogP) is 4.29. The molecule has 0 spiro atoms. The Hall–Kier alpha value is -2.32. The van der Waals surface area contributed by atoms with Crippen molar-refractivity contribution in [3.05, 3.63) is 52.6 Å². The van der Waals surface area contributed by atoms with Gasteiger partial charge in [-0.2, -0.15) is 5.26 Å². The van der Waals surface area contributed by atoms with Gasteiger partial charge in [0.1, 0.15) is 11.9 Å². The lowest BCUT2D eigenvalue weighted by molar-refractivity contribution is 0.369. The fourth-order valence-corrected chi connectivity index (χ4v) is 1.70. The molecule has 2 aromatic rings. The number of benzene rings is 2. The summed E-state index contributed by atoms with van der Waals surface area (Å²) in [6.07, 6.45) is 0. The van der Waals surface area contributed by atoms with Crippen LogP contribution < -0.4 is 9.47 Å². The first-order valence-corrected chi connectivity index (χ1v) is 5.83. The second kappa shape index (κ2) is 5.76. The molecule has 0 aliphatic heterocycles. The third-order valence-electron chi connectivity index (χ3n) is 2.49. The molecule has 0 N–H and O–H groups in total. The first kappa shape index (κ1) is 14.1. The van der Waals surface area contributed by atoms with E-state index in [9.17, 15) is 8.78 Å². The lowest BCUT2D eigenvalue weighted by Crippen LogP contribution is -1.95. The summed E-state index contributed by atoms with van der Waals surface area (Å²) in [6.45, 7) is 0. The summed E-state index contributed by atoms with van der Waals surface area (Å²) < 4.78 is 37.5. The lowest BCUT2D eigenvalue weighted by Gasteiger charge is -2.11. The Labute approximate surface area is 118 Å². The molecule has 0 fully saturated rings. The molecule has 6 heteroatoms. The zero-order chi connectivity index (χ0) is 14.7. The summed E-state index contributed by atoms with van der Waals surface area (Å²) in [4.78, 5) is 0. The second-order valence-corrected chi connectivity index (χ2v) is 4.21. The molecule has 2 rings (SSSR count). The van der Waals surface area contributed by atoms with Gasteiger partial charge < -0.3 is 9.47 Å². The molecule has 0 atom stereocenters. The van der Waals surface area contributed by atoms with Crippen molar-refractivity contribution in [2.24, 2.45) is 0 Å². The maximum absolute atomic E-state index is 13.7. The van der Waals surface area contributed by atoms with Crippen molar-refractivity contribution in [2.45, 2.75) is 0 Å². The largest absolute Gasteiger partial charge is 0.493 e. The SMILES string of the molecule is COc1ccc(Cl)cc1Oc1cc(F)c(C#N)cc1F. The van der Waals surface area contributed by atoms with Crippen LogP contribution in [0.25, 0.3) is 0 Å². The zero-order valence-electron chi connectivity index (χ0n) is 10.3. The average molecular weight is 296 g/mol. The maximum Gasteiger partial charge on any atom is 0.170 e. The predicted molar refractivity (Wildman–Crippen MR) is 69.2 cm³/mol. The number of nitrogens with zero attached hydrogens (tertiary/aromatic N) is 1. The van der Waals surface area contributed by atoms with Crippen LogP contribution in [0.15, 0.2) is 30.3 Å². The molecule has 20 heavy (non-hydrogen) atoms. The first-order chi connectivity index (χ1) is 9.55. The first-order valence-electron chi connectivity index (χ1n) is 5.45. The highest BCUT2D eigenvalue weighted by molar-refractivity contribution is 6.30. The molecule has 0 saturated heterocycles. The Balaban J connectivity index is 2.43. The Bertz CT molecular complexity index is 698. The smallest absolute Gasteiger partial charge is 0.170 e. The molecule has 102 valence electrons. The monoisotopic (exact) mass is 295 g/mol. The van der Waals surface area contributed by atoms with Gasteiger partial charge in [-0.05, 0) is 18.2 Å². The van der Waals surface area contributed by atoms with Gasteiger partial charge in [-0.3, -0.25) is 0 Å². The molecule has 0 unspecified atom stereocenters. The minimum absolute atomic E-state index is 0.142. The van der Waals surface area contributed by atoms with Crippen LogP contribution in [0.5, 0.6) is 17.2 Å². The highest BCUT2D eigenvalue weighted by Gasteiger charge is 2.14. The number of ether oxygens (including phenoxy) is 2. The van der Waals surface area contributed by atoms with Crippen molar-refractivity contribution < 1.29 is 18.3 Å². The summed E-state index contributed by atoms with van der Waals surface area (Å²) >= 11 is 5.81. The van der Waals surface area contributed by atoms with Crippen molar-refractivity contribution in [1.82, 2.24) is 0 Å². The second-order valence-electron chi connectivity index (χ2n) is 3.77. The van der Waals surface area contributed by atoms with Crippen LogP contribution >= 0.6 is 11.6 Å². The highest BCUT2D eigenvalue weighted by Crippen LogP contribution is 2.35. The highest BCUT2D eigenvalue weighted by atomic mass is 35.5. The van der Waals surface area contributed by atoms with E-state index in [1.165, 1.54) is 19.2 Å². The zero-order valence-corrected chi connectivity index (χ0v) is 11.0. The van der Waals surface area contributed by atoms with Gasteiger partial charge in [-0.1, -0.05) is 11.6 Å². The number of nitriles is 1. The summed E-state index contributed by atoms with van der Waals surface area (Å²) in [5.74, 6) is -1.63. The molecule has 0 aromatic heterocycles. The molecule has 0 saturated carbocycles. The van der Waals surface area contributed by atoms with Gasteiger partial charge in [0.25, 0.3) is 0 Å². The van der Waals surface area contributed by atoms with E-state index in [0.29, 0.717) is 10.8 Å². The van der Waals surface area contributed by atoms with Crippen LogP contribution in [-0.4, -0.2) is 7.11 Å². The molecule has 0 aliphatic carbocycles. The van der Waals surface area contributed by atoms with Crippen LogP contribution in [0.3, 0.4) is 0 Å². The number of hydrogen-bond donors (Lipinski definition) is 0. The fourth-order valence-electron chi connectivity index (χ4n) is 1.54. The van der Waals surface area contributed by atoms with Crippen molar-refractivity contribution in [2.75, 3.05) is 7.11 Å². The van der Waals surface area contributed by atoms with E-state index in [4.69, 9.17) is 26.3 Å². The van der Waals surface area contributed by atoms with E-state index in [0.717, 1.165) is 12.1 Å². The Morgan fingerprint density at radius 2 is 1.80 bits per heavy atom. The van der Waals surface area contributed by atoms with Crippen molar-refractivity contribution in [3.8, 4) is 23.3 Å². The fraction of sp³-hybridized carbons (Fsp3) is 0.0714. The van der Waals surface area contributed by atoms with Gasteiger partial charge in [0, 0.05) is 17.2 Å². The number of halogens is 3. The van der Waals surface area contributed by atoms with Crippen molar-refractivity contribution in [3.63, 3.8) is 0 Å². The third-order valence-corrected chi connectivity index (χ3v) is 2.72. The van der Waals surface area contributed by atoms with Gasteiger partial charge in [0.15, 0.2) is 23.1 Å². The topological polar surface area (TPSA) is 42.2 Å². The van der Waals surface area contributed by atoms with E-state index in [2.05, 4.69) is 0 Å². The third kappa shape index (κ3) is 2.81. The molecule has 0 heterocycles. The Morgan fingerprint density at radius 1 is 1.05 bits per heavy atom. The van der Waals surface area contributed by atoms with Crippen molar-refractivity contribution in [1.29, 1.82) is 5.26 Å². The number of methoxy groups -OCH3 is 1. The molecule has 0 aliphatic rings. The minimum Gasteiger partial charge on any atom is -0.493 e. The van der Waals surface area contributed by atoms with E-state index < -0.39 is 17.2 Å². The lowest BCUT2D eigenvalue weighted by atomic mass is 10.2. The molecule has 2 aromatic carbocycles. The van der Waals surface area contributed by atoms with Gasteiger partial charge in [-0.25, -0.2) is 8.78 Å². The number of hydrogen-bond acceptors (Lipinski definition) is 3. The average Bonchev–Trinajstić information content (AvgIpc) is 2.42. The van der Waals surface area contributed by atoms with Crippen LogP contribution in [0.2, 0.25) is 5.02 Å². The van der Waals surface area contributed by atoms with Gasteiger partial charge >= 0.3 is 0 Å². The quantitative estimate of drug-likeness (QED) is 0.848. The van der Waals surface area contributed by atoms with Gasteiger partial charge in [-0.15, -0.1) is 0 Å². The van der Waals surface area contributed by atoms with Crippen LogP contribution in [0.1, 0.15) is 5.56 Å². The minimum atomic E-state index is -0.870. The van der Waals surface area contributed by atoms with E-state index in [1.807, 2.05) is 0 Å². The molecule has 0 radical (unpaired) electrons. The molecule has 3 nitrogen and oxygen atoms in total.